The Morgan fingerprint density at radius 3 is 2.67 bits per heavy atom. The Bertz CT molecular complexity index is 417. The molecule has 0 saturated heterocycles. The summed E-state index contributed by atoms with van der Waals surface area (Å²) in [5.74, 6) is 0.925. The highest BCUT2D eigenvalue weighted by Crippen LogP contribution is 2.38. The van der Waals surface area contributed by atoms with Crippen LogP contribution in [0.15, 0.2) is 6.07 Å². The molecule has 2 N–H and O–H groups in total. The molecule has 100 valence electrons. The number of ether oxygens (including phenoxy) is 1. The Balaban J connectivity index is 2.41. The summed E-state index contributed by atoms with van der Waals surface area (Å²) in [4.78, 5) is 0. The molecule has 0 aliphatic heterocycles. The second-order valence-electron chi connectivity index (χ2n) is 4.90. The monoisotopic (exact) mass is 267 g/mol. The van der Waals surface area contributed by atoms with E-state index >= 15 is 0 Å². The average Bonchev–Trinajstić information content (AvgIpc) is 2.39. The fourth-order valence-corrected chi connectivity index (χ4v) is 3.00. The zero-order valence-corrected chi connectivity index (χ0v) is 11.9. The van der Waals surface area contributed by atoms with Gasteiger partial charge in [0.15, 0.2) is 0 Å². The van der Waals surface area contributed by atoms with Crippen molar-refractivity contribution in [3.05, 3.63) is 27.8 Å². The number of halogens is 1. The van der Waals surface area contributed by atoms with Crippen LogP contribution in [0.25, 0.3) is 0 Å². The molecule has 0 aromatic heterocycles. The van der Waals surface area contributed by atoms with Crippen LogP contribution in [0, 0.1) is 0 Å². The van der Waals surface area contributed by atoms with Crippen molar-refractivity contribution in [3.8, 4) is 5.75 Å². The van der Waals surface area contributed by atoms with Crippen molar-refractivity contribution in [2.45, 2.75) is 45.4 Å². The Labute approximate surface area is 114 Å². The molecule has 18 heavy (non-hydrogen) atoms. The first-order valence-electron chi connectivity index (χ1n) is 6.94. The Hall–Kier alpha value is -0.730. The van der Waals surface area contributed by atoms with E-state index in [1.54, 1.807) is 0 Å². The lowest BCUT2D eigenvalue weighted by atomic mass is 9.86. The van der Waals surface area contributed by atoms with Crippen LogP contribution in [0.5, 0.6) is 5.75 Å². The standard InChI is InChI=1S/C15H22ClNO/c1-2-9-18-15-13-6-4-3-5-12(13)11(7-8-17)10-14(15)16/h10H,2-9,17H2,1H3. The molecule has 0 atom stereocenters. The van der Waals surface area contributed by atoms with E-state index in [1.165, 1.54) is 29.5 Å². The van der Waals surface area contributed by atoms with E-state index in [-0.39, 0.29) is 0 Å². The molecule has 0 heterocycles. The van der Waals surface area contributed by atoms with Crippen molar-refractivity contribution >= 4 is 11.6 Å². The highest BCUT2D eigenvalue weighted by Gasteiger charge is 2.20. The van der Waals surface area contributed by atoms with Crippen LogP contribution in [-0.2, 0) is 19.3 Å². The first-order chi connectivity index (χ1) is 8.77. The normalized spacial score (nSPS) is 14.4. The molecule has 2 nitrogen and oxygen atoms in total. The van der Waals surface area contributed by atoms with Gasteiger partial charge in [-0.1, -0.05) is 18.5 Å². The van der Waals surface area contributed by atoms with Gasteiger partial charge in [-0.3, -0.25) is 0 Å². The van der Waals surface area contributed by atoms with Crippen LogP contribution in [-0.4, -0.2) is 13.2 Å². The number of fused-ring (bicyclic) bond motifs is 1. The predicted octanol–water partition coefficient (Wildman–Crippen LogP) is 3.51. The smallest absolute Gasteiger partial charge is 0.141 e. The van der Waals surface area contributed by atoms with Gasteiger partial charge in [0.05, 0.1) is 11.6 Å². The molecule has 0 radical (unpaired) electrons. The lowest BCUT2D eigenvalue weighted by Crippen LogP contribution is -2.13. The molecule has 1 aromatic carbocycles. The van der Waals surface area contributed by atoms with E-state index in [9.17, 15) is 0 Å². The third kappa shape index (κ3) is 2.81. The highest BCUT2D eigenvalue weighted by molar-refractivity contribution is 6.32. The number of nitrogens with two attached hydrogens (primary N) is 1. The third-order valence-corrected chi connectivity index (χ3v) is 3.79. The van der Waals surface area contributed by atoms with Crippen molar-refractivity contribution in [1.29, 1.82) is 0 Å². The number of hydrogen-bond acceptors (Lipinski definition) is 2. The molecule has 0 spiro atoms. The number of hydrogen-bond donors (Lipinski definition) is 1. The molecule has 1 aromatic rings. The van der Waals surface area contributed by atoms with Gasteiger partial charge in [0.2, 0.25) is 0 Å². The summed E-state index contributed by atoms with van der Waals surface area (Å²) in [6.45, 7) is 3.53. The van der Waals surface area contributed by atoms with Crippen molar-refractivity contribution in [2.75, 3.05) is 13.2 Å². The SMILES string of the molecule is CCCOc1c(Cl)cc(CCN)c2c1CCCC2. The first kappa shape index (κ1) is 13.7. The molecule has 0 bridgehead atoms. The summed E-state index contributed by atoms with van der Waals surface area (Å²) < 4.78 is 5.85. The number of rotatable bonds is 5. The molecule has 0 unspecified atom stereocenters. The summed E-state index contributed by atoms with van der Waals surface area (Å²) in [6, 6.07) is 2.06. The van der Waals surface area contributed by atoms with Crippen molar-refractivity contribution < 1.29 is 4.74 Å². The second-order valence-corrected chi connectivity index (χ2v) is 5.31. The van der Waals surface area contributed by atoms with Gasteiger partial charge in [-0.15, -0.1) is 0 Å². The van der Waals surface area contributed by atoms with Crippen molar-refractivity contribution in [1.82, 2.24) is 0 Å². The molecular formula is C15H22ClNO. The summed E-state index contributed by atoms with van der Waals surface area (Å²) in [6.07, 6.45) is 6.65. The largest absolute Gasteiger partial charge is 0.492 e. The van der Waals surface area contributed by atoms with E-state index in [0.717, 1.165) is 43.1 Å². The van der Waals surface area contributed by atoms with E-state index < -0.39 is 0 Å². The maximum Gasteiger partial charge on any atom is 0.141 e. The van der Waals surface area contributed by atoms with Crippen LogP contribution in [0.1, 0.15) is 42.9 Å². The fraction of sp³-hybridized carbons (Fsp3) is 0.600. The summed E-state index contributed by atoms with van der Waals surface area (Å²) in [5.41, 5.74) is 9.79. The van der Waals surface area contributed by atoms with Gasteiger partial charge >= 0.3 is 0 Å². The lowest BCUT2D eigenvalue weighted by molar-refractivity contribution is 0.312. The molecule has 0 saturated carbocycles. The van der Waals surface area contributed by atoms with E-state index in [1.807, 2.05) is 0 Å². The predicted molar refractivity (Wildman–Crippen MR) is 76.6 cm³/mol. The summed E-state index contributed by atoms with van der Waals surface area (Å²) >= 11 is 6.37. The Morgan fingerprint density at radius 2 is 2.00 bits per heavy atom. The first-order valence-corrected chi connectivity index (χ1v) is 7.31. The van der Waals surface area contributed by atoms with Gasteiger partial charge in [-0.2, -0.15) is 0 Å². The average molecular weight is 268 g/mol. The minimum atomic E-state index is 0.679. The quantitative estimate of drug-likeness (QED) is 0.886. The minimum Gasteiger partial charge on any atom is -0.492 e. The van der Waals surface area contributed by atoms with Gasteiger partial charge in [0.25, 0.3) is 0 Å². The van der Waals surface area contributed by atoms with Gasteiger partial charge < -0.3 is 10.5 Å². The van der Waals surface area contributed by atoms with E-state index in [4.69, 9.17) is 22.1 Å². The van der Waals surface area contributed by atoms with Crippen LogP contribution in [0.2, 0.25) is 5.02 Å². The topological polar surface area (TPSA) is 35.2 Å². The minimum absolute atomic E-state index is 0.679. The molecule has 0 amide bonds. The van der Waals surface area contributed by atoms with Crippen molar-refractivity contribution in [3.63, 3.8) is 0 Å². The summed E-state index contributed by atoms with van der Waals surface area (Å²) in [7, 11) is 0. The molecule has 1 aliphatic rings. The fourth-order valence-electron chi connectivity index (χ4n) is 2.70. The molecule has 3 heteroatoms. The number of benzene rings is 1. The second kappa shape index (κ2) is 6.44. The molecule has 1 aliphatic carbocycles. The van der Waals surface area contributed by atoms with Crippen molar-refractivity contribution in [2.24, 2.45) is 5.73 Å². The molecular weight excluding hydrogens is 246 g/mol. The van der Waals surface area contributed by atoms with E-state index in [0.29, 0.717) is 6.54 Å². The molecule has 2 rings (SSSR count). The Kier molecular flexibility index (Phi) is 4.90. The van der Waals surface area contributed by atoms with Gasteiger partial charge in [0.1, 0.15) is 5.75 Å². The highest BCUT2D eigenvalue weighted by atomic mass is 35.5. The van der Waals surface area contributed by atoms with Gasteiger partial charge in [-0.25, -0.2) is 0 Å². The lowest BCUT2D eigenvalue weighted by Gasteiger charge is -2.23. The maximum atomic E-state index is 6.37. The van der Waals surface area contributed by atoms with Gasteiger partial charge in [-0.05, 0) is 67.8 Å². The van der Waals surface area contributed by atoms with E-state index in [2.05, 4.69) is 13.0 Å². The van der Waals surface area contributed by atoms with Crippen LogP contribution in [0.4, 0.5) is 0 Å². The van der Waals surface area contributed by atoms with Crippen LogP contribution >= 0.6 is 11.6 Å². The van der Waals surface area contributed by atoms with Crippen LogP contribution < -0.4 is 10.5 Å². The molecule has 0 fully saturated rings. The Morgan fingerprint density at radius 1 is 1.28 bits per heavy atom. The zero-order chi connectivity index (χ0) is 13.0. The summed E-state index contributed by atoms with van der Waals surface area (Å²) in [5, 5.41) is 0.757. The van der Waals surface area contributed by atoms with Gasteiger partial charge in [0, 0.05) is 0 Å². The zero-order valence-electron chi connectivity index (χ0n) is 11.1. The maximum absolute atomic E-state index is 6.37. The van der Waals surface area contributed by atoms with Crippen LogP contribution in [0.3, 0.4) is 0 Å². The third-order valence-electron chi connectivity index (χ3n) is 3.51.